The Kier molecular flexibility index (Phi) is 2.40. The molecule has 2 atom stereocenters. The van der Waals surface area contributed by atoms with Gasteiger partial charge in [0, 0.05) is 18.0 Å². The number of likely N-dealkylation sites (N-methyl/N-ethyl adjacent to an activating group) is 1. The summed E-state index contributed by atoms with van der Waals surface area (Å²) in [5.41, 5.74) is 1.47. The quantitative estimate of drug-likeness (QED) is 0.822. The molecule has 1 aromatic rings. The first-order valence-corrected chi connectivity index (χ1v) is 6.28. The minimum absolute atomic E-state index is 0.0384. The predicted octanol–water partition coefficient (Wildman–Crippen LogP) is 2.69. The van der Waals surface area contributed by atoms with Gasteiger partial charge in [-0.2, -0.15) is 0 Å². The van der Waals surface area contributed by atoms with Crippen molar-refractivity contribution in [3.05, 3.63) is 29.8 Å². The summed E-state index contributed by atoms with van der Waals surface area (Å²) in [6.45, 7) is 0.965. The second-order valence-corrected chi connectivity index (χ2v) is 5.03. The molecule has 3 rings (SSSR count). The number of hydrogen-bond donors (Lipinski definition) is 1. The molecule has 1 fully saturated rings. The third-order valence-electron chi connectivity index (χ3n) is 4.06. The number of hydrogen-bond acceptors (Lipinski definition) is 2. The lowest BCUT2D eigenvalue weighted by molar-refractivity contribution is 0.0378. The van der Waals surface area contributed by atoms with Gasteiger partial charge in [0.1, 0.15) is 11.4 Å². The minimum Gasteiger partial charge on any atom is -0.485 e. The van der Waals surface area contributed by atoms with E-state index in [1.807, 2.05) is 7.05 Å². The molecule has 1 heterocycles. The van der Waals surface area contributed by atoms with Crippen molar-refractivity contribution in [2.45, 2.75) is 37.2 Å². The third kappa shape index (κ3) is 1.36. The van der Waals surface area contributed by atoms with Crippen molar-refractivity contribution in [3.8, 4) is 5.75 Å². The van der Waals surface area contributed by atoms with Crippen LogP contribution in [-0.4, -0.2) is 19.2 Å². The summed E-state index contributed by atoms with van der Waals surface area (Å²) in [4.78, 5) is 0. The molecule has 1 aliphatic heterocycles. The second-order valence-electron chi connectivity index (χ2n) is 5.03. The maximum absolute atomic E-state index is 6.28. The molecule has 0 bridgehead atoms. The Bertz CT molecular complexity index is 386. The topological polar surface area (TPSA) is 21.3 Å². The Morgan fingerprint density at radius 1 is 1.38 bits per heavy atom. The van der Waals surface area contributed by atoms with Gasteiger partial charge in [-0.1, -0.05) is 24.6 Å². The van der Waals surface area contributed by atoms with Gasteiger partial charge in [-0.05, 0) is 32.4 Å². The zero-order valence-electron chi connectivity index (χ0n) is 9.83. The lowest BCUT2D eigenvalue weighted by atomic mass is 9.73. The number of benzene rings is 1. The standard InChI is InChI=1S/C14H19NO/c1-15-10-14-9-5-4-7-12(14)11-6-2-3-8-13(11)16-14/h2-3,6,8,12,15H,4-5,7,9-10H2,1H3/t12-,14+/m1/s1. The second kappa shape index (κ2) is 3.77. The SMILES string of the molecule is CNC[C@@]12CCCC[C@@H]1c1ccccc1O2. The van der Waals surface area contributed by atoms with E-state index in [0.29, 0.717) is 5.92 Å². The van der Waals surface area contributed by atoms with Crippen LogP contribution < -0.4 is 10.1 Å². The van der Waals surface area contributed by atoms with Gasteiger partial charge in [-0.3, -0.25) is 0 Å². The molecule has 2 nitrogen and oxygen atoms in total. The van der Waals surface area contributed by atoms with Crippen molar-refractivity contribution in [2.75, 3.05) is 13.6 Å². The number of rotatable bonds is 2. The zero-order chi connectivity index (χ0) is 11.0. The predicted molar refractivity (Wildman–Crippen MR) is 64.9 cm³/mol. The van der Waals surface area contributed by atoms with Crippen molar-refractivity contribution in [2.24, 2.45) is 0 Å². The van der Waals surface area contributed by atoms with Gasteiger partial charge in [0.2, 0.25) is 0 Å². The Balaban J connectivity index is 2.00. The molecule has 86 valence electrons. The van der Waals surface area contributed by atoms with Crippen molar-refractivity contribution in [1.82, 2.24) is 5.32 Å². The molecule has 0 amide bonds. The van der Waals surface area contributed by atoms with Crippen molar-refractivity contribution in [1.29, 1.82) is 0 Å². The van der Waals surface area contributed by atoms with Crippen LogP contribution in [0.25, 0.3) is 0 Å². The summed E-state index contributed by atoms with van der Waals surface area (Å²) < 4.78 is 6.28. The molecule has 0 radical (unpaired) electrons. The summed E-state index contributed by atoms with van der Waals surface area (Å²) in [7, 11) is 2.02. The molecule has 1 aliphatic carbocycles. The van der Waals surface area contributed by atoms with E-state index in [9.17, 15) is 0 Å². The van der Waals surface area contributed by atoms with Crippen LogP contribution in [0, 0.1) is 0 Å². The highest BCUT2D eigenvalue weighted by Gasteiger charge is 2.48. The molecular formula is C14H19NO. The molecule has 2 aliphatic rings. The summed E-state index contributed by atoms with van der Waals surface area (Å²) >= 11 is 0. The van der Waals surface area contributed by atoms with Gasteiger partial charge in [-0.25, -0.2) is 0 Å². The van der Waals surface area contributed by atoms with Crippen molar-refractivity contribution in [3.63, 3.8) is 0 Å². The van der Waals surface area contributed by atoms with Crippen LogP contribution in [0.15, 0.2) is 24.3 Å². The lowest BCUT2D eigenvalue weighted by Crippen LogP contribution is -2.48. The highest BCUT2D eigenvalue weighted by atomic mass is 16.5. The van der Waals surface area contributed by atoms with E-state index in [-0.39, 0.29) is 5.60 Å². The van der Waals surface area contributed by atoms with Crippen LogP contribution in [0.4, 0.5) is 0 Å². The van der Waals surface area contributed by atoms with E-state index in [0.717, 1.165) is 12.3 Å². The fourth-order valence-corrected chi connectivity index (χ4v) is 3.40. The summed E-state index contributed by atoms with van der Waals surface area (Å²) in [5, 5.41) is 3.31. The van der Waals surface area contributed by atoms with E-state index in [2.05, 4.69) is 29.6 Å². The van der Waals surface area contributed by atoms with E-state index in [4.69, 9.17) is 4.74 Å². The van der Waals surface area contributed by atoms with Gasteiger partial charge < -0.3 is 10.1 Å². The molecule has 1 N–H and O–H groups in total. The Labute approximate surface area is 97.0 Å². The molecule has 2 heteroatoms. The van der Waals surface area contributed by atoms with Gasteiger partial charge in [0.25, 0.3) is 0 Å². The first kappa shape index (κ1) is 10.2. The van der Waals surface area contributed by atoms with E-state index < -0.39 is 0 Å². The Morgan fingerprint density at radius 2 is 2.25 bits per heavy atom. The smallest absolute Gasteiger partial charge is 0.128 e. The fraction of sp³-hybridized carbons (Fsp3) is 0.571. The molecule has 0 aromatic heterocycles. The highest BCUT2D eigenvalue weighted by molar-refractivity contribution is 5.43. The van der Waals surface area contributed by atoms with E-state index >= 15 is 0 Å². The molecule has 1 saturated carbocycles. The Hall–Kier alpha value is -1.02. The molecule has 0 unspecified atom stereocenters. The summed E-state index contributed by atoms with van der Waals surface area (Å²) in [6.07, 6.45) is 5.10. The lowest BCUT2D eigenvalue weighted by Gasteiger charge is -2.38. The maximum atomic E-state index is 6.28. The van der Waals surface area contributed by atoms with Gasteiger partial charge in [0.15, 0.2) is 0 Å². The van der Waals surface area contributed by atoms with Crippen molar-refractivity contribution >= 4 is 0 Å². The first-order chi connectivity index (χ1) is 7.86. The van der Waals surface area contributed by atoms with Crippen molar-refractivity contribution < 1.29 is 4.74 Å². The number of ether oxygens (including phenoxy) is 1. The maximum Gasteiger partial charge on any atom is 0.128 e. The largest absolute Gasteiger partial charge is 0.485 e. The zero-order valence-corrected chi connectivity index (χ0v) is 9.83. The molecule has 16 heavy (non-hydrogen) atoms. The highest BCUT2D eigenvalue weighted by Crippen LogP contribution is 2.51. The fourth-order valence-electron chi connectivity index (χ4n) is 3.40. The number of fused-ring (bicyclic) bond motifs is 3. The van der Waals surface area contributed by atoms with E-state index in [1.165, 1.54) is 31.2 Å². The first-order valence-electron chi connectivity index (χ1n) is 6.28. The molecule has 0 saturated heterocycles. The van der Waals surface area contributed by atoms with Gasteiger partial charge in [-0.15, -0.1) is 0 Å². The number of nitrogens with one attached hydrogen (secondary N) is 1. The average molecular weight is 217 g/mol. The van der Waals surface area contributed by atoms with Gasteiger partial charge in [0.05, 0.1) is 0 Å². The van der Waals surface area contributed by atoms with E-state index in [1.54, 1.807) is 0 Å². The number of para-hydroxylation sites is 1. The average Bonchev–Trinajstić information content (AvgIpc) is 2.63. The third-order valence-corrected chi connectivity index (χ3v) is 4.06. The van der Waals surface area contributed by atoms with Crippen LogP contribution in [0.2, 0.25) is 0 Å². The van der Waals surface area contributed by atoms with Crippen LogP contribution in [0.5, 0.6) is 5.75 Å². The van der Waals surface area contributed by atoms with Crippen LogP contribution >= 0.6 is 0 Å². The minimum atomic E-state index is 0.0384. The normalized spacial score (nSPS) is 31.7. The monoisotopic (exact) mass is 217 g/mol. The molecule has 0 spiro atoms. The van der Waals surface area contributed by atoms with Gasteiger partial charge >= 0.3 is 0 Å². The molecular weight excluding hydrogens is 198 g/mol. The molecule has 1 aromatic carbocycles. The summed E-state index contributed by atoms with van der Waals surface area (Å²) in [5.74, 6) is 1.72. The Morgan fingerprint density at radius 3 is 3.12 bits per heavy atom. The van der Waals surface area contributed by atoms with Crippen LogP contribution in [0.1, 0.15) is 37.2 Å². The summed E-state index contributed by atoms with van der Waals surface area (Å²) in [6, 6.07) is 8.56. The van der Waals surface area contributed by atoms with Crippen LogP contribution in [0.3, 0.4) is 0 Å². The van der Waals surface area contributed by atoms with Crippen LogP contribution in [-0.2, 0) is 0 Å².